The van der Waals surface area contributed by atoms with Crippen molar-refractivity contribution in [2.75, 3.05) is 7.11 Å². The van der Waals surface area contributed by atoms with Crippen LogP contribution in [-0.4, -0.2) is 36.6 Å². The normalized spacial score (nSPS) is 12.0. The third-order valence-corrected chi connectivity index (χ3v) is 5.26. The number of methoxy groups -OCH3 is 1. The van der Waals surface area contributed by atoms with Crippen molar-refractivity contribution in [1.82, 2.24) is 29.5 Å². The fourth-order valence-corrected chi connectivity index (χ4v) is 3.68. The van der Waals surface area contributed by atoms with Crippen molar-refractivity contribution in [1.29, 1.82) is 0 Å². The van der Waals surface area contributed by atoms with Crippen LogP contribution in [0, 0.1) is 5.82 Å². The number of hydrogen-bond donors (Lipinski definition) is 1. The molecule has 0 unspecified atom stereocenters. The van der Waals surface area contributed by atoms with E-state index in [4.69, 9.17) is 9.72 Å². The molecule has 8 heteroatoms. The van der Waals surface area contributed by atoms with Crippen molar-refractivity contribution in [3.63, 3.8) is 0 Å². The first-order chi connectivity index (χ1) is 14.8. The zero-order chi connectivity index (χ0) is 21.8. The maximum absolute atomic E-state index is 14.1. The van der Waals surface area contributed by atoms with Gasteiger partial charge in [0.1, 0.15) is 5.52 Å². The van der Waals surface area contributed by atoms with E-state index in [9.17, 15) is 4.39 Å². The van der Waals surface area contributed by atoms with Crippen molar-refractivity contribution < 1.29 is 9.13 Å². The van der Waals surface area contributed by atoms with Crippen LogP contribution in [-0.2, 0) is 5.54 Å². The Kier molecular flexibility index (Phi) is 4.25. The first-order valence-electron chi connectivity index (χ1n) is 9.87. The highest BCUT2D eigenvalue weighted by Crippen LogP contribution is 2.32. The van der Waals surface area contributed by atoms with Gasteiger partial charge in [0.2, 0.25) is 5.88 Å². The summed E-state index contributed by atoms with van der Waals surface area (Å²) in [5.41, 5.74) is 6.22. The lowest BCUT2D eigenvalue weighted by atomic mass is 10.1. The van der Waals surface area contributed by atoms with Gasteiger partial charge in [0, 0.05) is 29.1 Å². The van der Waals surface area contributed by atoms with Gasteiger partial charge in [-0.15, -0.1) is 0 Å². The summed E-state index contributed by atoms with van der Waals surface area (Å²) >= 11 is 0. The molecule has 7 nitrogen and oxygen atoms in total. The molecule has 0 saturated carbocycles. The monoisotopic (exact) mass is 416 g/mol. The standard InChI is InChI=1S/C23H21FN6O/c1-23(2,3)30-12-28-17-6-5-13(8-19(17)30)15-10-25-21-20(15)29-18(11-26-21)14-7-16(24)22(31-4)27-9-14/h5-12H,1-4H3,(H,25,26). The molecule has 31 heavy (non-hydrogen) atoms. The molecule has 0 fully saturated rings. The van der Waals surface area contributed by atoms with Gasteiger partial charge in [-0.25, -0.2) is 24.3 Å². The van der Waals surface area contributed by atoms with E-state index in [0.29, 0.717) is 22.4 Å². The van der Waals surface area contributed by atoms with E-state index in [2.05, 4.69) is 51.3 Å². The van der Waals surface area contributed by atoms with E-state index >= 15 is 0 Å². The van der Waals surface area contributed by atoms with E-state index in [1.807, 2.05) is 24.7 Å². The van der Waals surface area contributed by atoms with Gasteiger partial charge >= 0.3 is 0 Å². The van der Waals surface area contributed by atoms with Gasteiger partial charge < -0.3 is 14.3 Å². The molecule has 0 amide bonds. The number of H-pyrrole nitrogens is 1. The number of imidazole rings is 1. The minimum absolute atomic E-state index is 0.0520. The lowest BCUT2D eigenvalue weighted by Gasteiger charge is -2.21. The molecule has 0 atom stereocenters. The highest BCUT2D eigenvalue weighted by molar-refractivity contribution is 5.94. The average Bonchev–Trinajstić information content (AvgIpc) is 3.36. The summed E-state index contributed by atoms with van der Waals surface area (Å²) in [6.45, 7) is 6.44. The molecule has 1 aromatic carbocycles. The van der Waals surface area contributed by atoms with Gasteiger partial charge in [0.25, 0.3) is 0 Å². The van der Waals surface area contributed by atoms with Crippen LogP contribution in [0.25, 0.3) is 44.6 Å². The zero-order valence-corrected chi connectivity index (χ0v) is 17.6. The van der Waals surface area contributed by atoms with Gasteiger partial charge in [-0.1, -0.05) is 6.07 Å². The van der Waals surface area contributed by atoms with Crippen molar-refractivity contribution in [2.45, 2.75) is 26.3 Å². The summed E-state index contributed by atoms with van der Waals surface area (Å²) in [5.74, 6) is -0.596. The SMILES string of the molecule is COc1ncc(-c2cnc3[nH]cc(-c4ccc5ncn(C(C)(C)C)c5c4)c3n2)cc1F. The van der Waals surface area contributed by atoms with Crippen LogP contribution in [0.3, 0.4) is 0 Å². The van der Waals surface area contributed by atoms with Gasteiger partial charge in [-0.05, 0) is 44.5 Å². The number of nitrogens with one attached hydrogen (secondary N) is 1. The molecule has 4 heterocycles. The summed E-state index contributed by atoms with van der Waals surface area (Å²) < 4.78 is 21.2. The van der Waals surface area contributed by atoms with Gasteiger partial charge in [0.05, 0.1) is 36.4 Å². The molecule has 5 aromatic rings. The number of hydrogen-bond acceptors (Lipinski definition) is 5. The molecule has 0 aliphatic heterocycles. The van der Waals surface area contributed by atoms with Crippen LogP contribution < -0.4 is 4.74 Å². The summed E-state index contributed by atoms with van der Waals surface area (Å²) in [6.07, 6.45) is 6.88. The van der Waals surface area contributed by atoms with E-state index in [-0.39, 0.29) is 11.4 Å². The Morgan fingerprint density at radius 2 is 1.87 bits per heavy atom. The quantitative estimate of drug-likeness (QED) is 0.451. The lowest BCUT2D eigenvalue weighted by Crippen LogP contribution is -2.20. The Hall–Kier alpha value is -3.81. The van der Waals surface area contributed by atoms with Crippen molar-refractivity contribution in [2.24, 2.45) is 0 Å². The fraction of sp³-hybridized carbons (Fsp3) is 0.217. The van der Waals surface area contributed by atoms with Gasteiger partial charge in [-0.3, -0.25) is 0 Å². The molecule has 0 bridgehead atoms. The molecular weight excluding hydrogens is 395 g/mol. The molecule has 0 aliphatic carbocycles. The Labute approximate surface area is 178 Å². The molecule has 5 rings (SSSR count). The number of aromatic nitrogens is 6. The molecular formula is C23H21FN6O. The number of benzene rings is 1. The second kappa shape index (κ2) is 6.87. The van der Waals surface area contributed by atoms with E-state index in [1.54, 1.807) is 6.20 Å². The second-order valence-corrected chi connectivity index (χ2v) is 8.36. The molecule has 0 radical (unpaired) electrons. The van der Waals surface area contributed by atoms with E-state index in [1.165, 1.54) is 19.4 Å². The number of pyridine rings is 1. The first kappa shape index (κ1) is 19.2. The molecule has 4 aromatic heterocycles. The van der Waals surface area contributed by atoms with Crippen LogP contribution in [0.2, 0.25) is 0 Å². The number of rotatable bonds is 3. The largest absolute Gasteiger partial charge is 0.479 e. The predicted octanol–water partition coefficient (Wildman–Crippen LogP) is 4.94. The van der Waals surface area contributed by atoms with Crippen LogP contribution in [0.15, 0.2) is 49.2 Å². The second-order valence-electron chi connectivity index (χ2n) is 8.36. The predicted molar refractivity (Wildman–Crippen MR) is 117 cm³/mol. The fourth-order valence-electron chi connectivity index (χ4n) is 3.68. The van der Waals surface area contributed by atoms with Gasteiger partial charge in [0.15, 0.2) is 11.5 Å². The van der Waals surface area contributed by atoms with Crippen LogP contribution in [0.1, 0.15) is 20.8 Å². The Balaban J connectivity index is 1.64. The zero-order valence-electron chi connectivity index (χ0n) is 17.6. The van der Waals surface area contributed by atoms with Crippen molar-refractivity contribution >= 4 is 22.2 Å². The summed E-state index contributed by atoms with van der Waals surface area (Å²) in [4.78, 5) is 20.9. The number of nitrogens with zero attached hydrogens (tertiary/aromatic N) is 5. The number of fused-ring (bicyclic) bond motifs is 2. The lowest BCUT2D eigenvalue weighted by molar-refractivity contribution is 0.369. The minimum Gasteiger partial charge on any atom is -0.479 e. The van der Waals surface area contributed by atoms with E-state index < -0.39 is 5.82 Å². The smallest absolute Gasteiger partial charge is 0.250 e. The van der Waals surface area contributed by atoms with Crippen LogP contribution in [0.5, 0.6) is 5.88 Å². The number of aromatic amines is 1. The third-order valence-electron chi connectivity index (χ3n) is 5.26. The molecule has 1 N–H and O–H groups in total. The van der Waals surface area contributed by atoms with Crippen LogP contribution >= 0.6 is 0 Å². The summed E-state index contributed by atoms with van der Waals surface area (Å²) in [7, 11) is 1.38. The average molecular weight is 416 g/mol. The molecule has 0 aliphatic rings. The minimum atomic E-state index is -0.544. The maximum atomic E-state index is 14.1. The van der Waals surface area contributed by atoms with Crippen molar-refractivity contribution in [3.8, 4) is 28.3 Å². The first-order valence-corrected chi connectivity index (χ1v) is 9.87. The maximum Gasteiger partial charge on any atom is 0.250 e. The Morgan fingerprint density at radius 1 is 1.03 bits per heavy atom. The van der Waals surface area contributed by atoms with Crippen molar-refractivity contribution in [3.05, 3.63) is 55.0 Å². The van der Waals surface area contributed by atoms with E-state index in [0.717, 1.165) is 22.2 Å². The highest BCUT2D eigenvalue weighted by atomic mass is 19.1. The Bertz CT molecular complexity index is 1430. The summed E-state index contributed by atoms with van der Waals surface area (Å²) in [6, 6.07) is 7.49. The molecule has 156 valence electrons. The molecule has 0 saturated heterocycles. The number of halogens is 1. The Morgan fingerprint density at radius 3 is 2.61 bits per heavy atom. The topological polar surface area (TPSA) is 81.5 Å². The van der Waals surface area contributed by atoms with Crippen LogP contribution in [0.4, 0.5) is 4.39 Å². The summed E-state index contributed by atoms with van der Waals surface area (Å²) in [5, 5.41) is 0. The van der Waals surface area contributed by atoms with Gasteiger partial charge in [-0.2, -0.15) is 0 Å². The highest BCUT2D eigenvalue weighted by Gasteiger charge is 2.18. The third kappa shape index (κ3) is 3.20. The number of ether oxygens (including phenoxy) is 1. The molecule has 0 spiro atoms.